The summed E-state index contributed by atoms with van der Waals surface area (Å²) in [6, 6.07) is 3.80. The zero-order chi connectivity index (χ0) is 13.8. The molecule has 0 aliphatic heterocycles. The second-order valence-electron chi connectivity index (χ2n) is 4.29. The molecule has 2 heterocycles. The number of aliphatic carboxylic acids is 1. The molecule has 0 fully saturated rings. The Hall–Kier alpha value is -1.66. The molecule has 19 heavy (non-hydrogen) atoms. The van der Waals surface area contributed by atoms with Crippen LogP contribution >= 0.6 is 11.3 Å². The molecule has 0 unspecified atom stereocenters. The first-order valence-corrected chi connectivity index (χ1v) is 6.79. The van der Waals surface area contributed by atoms with E-state index < -0.39 is 5.97 Å². The summed E-state index contributed by atoms with van der Waals surface area (Å²) in [5.41, 5.74) is 0.914. The summed E-state index contributed by atoms with van der Waals surface area (Å²) >= 11 is 1.51. The van der Waals surface area contributed by atoms with Gasteiger partial charge in [-0.2, -0.15) is 0 Å². The molecule has 0 atom stereocenters. The predicted molar refractivity (Wildman–Crippen MR) is 72.2 cm³/mol. The van der Waals surface area contributed by atoms with E-state index in [0.29, 0.717) is 19.0 Å². The standard InChI is InChI=1S/C13H16N2O3S/c1-8-9(2)18-12(15-8)7-14-6-11-4-3-10(19-11)5-13(16)17/h3-4,14H,5-7H2,1-2H3,(H,16,17). The molecule has 0 amide bonds. The van der Waals surface area contributed by atoms with Gasteiger partial charge in [0, 0.05) is 16.3 Å². The number of carboxylic acid groups (broad SMARTS) is 1. The number of nitrogens with zero attached hydrogens (tertiary/aromatic N) is 1. The third kappa shape index (κ3) is 3.90. The maximum absolute atomic E-state index is 10.6. The highest BCUT2D eigenvalue weighted by atomic mass is 32.1. The summed E-state index contributed by atoms with van der Waals surface area (Å²) in [5.74, 6) is 0.723. The van der Waals surface area contributed by atoms with Gasteiger partial charge < -0.3 is 14.8 Å². The van der Waals surface area contributed by atoms with E-state index >= 15 is 0 Å². The lowest BCUT2D eigenvalue weighted by Crippen LogP contribution is -2.11. The molecule has 102 valence electrons. The molecule has 2 aromatic rings. The van der Waals surface area contributed by atoms with Crippen LogP contribution < -0.4 is 5.32 Å². The van der Waals surface area contributed by atoms with Crippen LogP contribution in [0.5, 0.6) is 0 Å². The quantitative estimate of drug-likeness (QED) is 0.849. The van der Waals surface area contributed by atoms with Crippen LogP contribution in [0, 0.1) is 13.8 Å². The minimum absolute atomic E-state index is 0.0861. The van der Waals surface area contributed by atoms with E-state index in [0.717, 1.165) is 21.2 Å². The number of carbonyl (C=O) groups is 1. The number of thiophene rings is 1. The van der Waals surface area contributed by atoms with Crippen LogP contribution in [0.2, 0.25) is 0 Å². The van der Waals surface area contributed by atoms with Gasteiger partial charge in [-0.1, -0.05) is 0 Å². The molecule has 2 rings (SSSR count). The van der Waals surface area contributed by atoms with Gasteiger partial charge in [-0.3, -0.25) is 4.79 Å². The monoisotopic (exact) mass is 280 g/mol. The van der Waals surface area contributed by atoms with E-state index in [1.165, 1.54) is 11.3 Å². The van der Waals surface area contributed by atoms with Gasteiger partial charge in [0.15, 0.2) is 0 Å². The van der Waals surface area contributed by atoms with Crippen molar-refractivity contribution in [2.45, 2.75) is 33.4 Å². The van der Waals surface area contributed by atoms with Crippen molar-refractivity contribution >= 4 is 17.3 Å². The Morgan fingerprint density at radius 2 is 2.11 bits per heavy atom. The third-order valence-corrected chi connectivity index (χ3v) is 3.78. The molecular formula is C13H16N2O3S. The average Bonchev–Trinajstić information content (AvgIpc) is 2.87. The number of aryl methyl sites for hydroxylation is 2. The van der Waals surface area contributed by atoms with Gasteiger partial charge in [0.2, 0.25) is 5.89 Å². The van der Waals surface area contributed by atoms with Crippen molar-refractivity contribution in [3.05, 3.63) is 39.2 Å². The van der Waals surface area contributed by atoms with Crippen molar-refractivity contribution in [2.24, 2.45) is 0 Å². The van der Waals surface area contributed by atoms with Gasteiger partial charge in [-0.05, 0) is 26.0 Å². The van der Waals surface area contributed by atoms with E-state index in [1.54, 1.807) is 0 Å². The summed E-state index contributed by atoms with van der Waals surface area (Å²) in [6.45, 7) is 5.06. The largest absolute Gasteiger partial charge is 0.481 e. The van der Waals surface area contributed by atoms with Crippen molar-refractivity contribution < 1.29 is 14.3 Å². The van der Waals surface area contributed by atoms with E-state index in [9.17, 15) is 4.79 Å². The zero-order valence-corrected chi connectivity index (χ0v) is 11.7. The lowest BCUT2D eigenvalue weighted by atomic mass is 10.3. The molecular weight excluding hydrogens is 264 g/mol. The Labute approximate surface area is 115 Å². The van der Waals surface area contributed by atoms with Gasteiger partial charge in [-0.25, -0.2) is 4.98 Å². The molecule has 0 aliphatic rings. The van der Waals surface area contributed by atoms with Crippen molar-refractivity contribution in [3.63, 3.8) is 0 Å². The highest BCUT2D eigenvalue weighted by Crippen LogP contribution is 2.17. The Kier molecular flexibility index (Phi) is 4.34. The lowest BCUT2D eigenvalue weighted by Gasteiger charge is -1.98. The van der Waals surface area contributed by atoms with Gasteiger partial charge in [0.1, 0.15) is 5.76 Å². The summed E-state index contributed by atoms with van der Waals surface area (Å²) in [7, 11) is 0. The molecule has 0 spiro atoms. The average molecular weight is 280 g/mol. The van der Waals surface area contributed by atoms with E-state index in [-0.39, 0.29) is 6.42 Å². The summed E-state index contributed by atoms with van der Waals surface area (Å²) in [4.78, 5) is 16.8. The Balaban J connectivity index is 1.82. The fraction of sp³-hybridized carbons (Fsp3) is 0.385. The van der Waals surface area contributed by atoms with Gasteiger partial charge in [0.25, 0.3) is 0 Å². The van der Waals surface area contributed by atoms with Crippen molar-refractivity contribution in [1.29, 1.82) is 0 Å². The Bertz CT molecular complexity index is 555. The van der Waals surface area contributed by atoms with Crippen LogP contribution in [0.1, 0.15) is 27.1 Å². The SMILES string of the molecule is Cc1nc(CNCc2ccc(CC(=O)O)s2)oc1C. The first-order chi connectivity index (χ1) is 9.04. The van der Waals surface area contributed by atoms with Crippen molar-refractivity contribution in [2.75, 3.05) is 0 Å². The summed E-state index contributed by atoms with van der Waals surface area (Å²) in [5, 5.41) is 11.9. The third-order valence-electron chi connectivity index (χ3n) is 2.69. The van der Waals surface area contributed by atoms with Crippen molar-refractivity contribution in [1.82, 2.24) is 10.3 Å². The van der Waals surface area contributed by atoms with Crippen molar-refractivity contribution in [3.8, 4) is 0 Å². The van der Waals surface area contributed by atoms with Crippen LogP contribution in [0.4, 0.5) is 0 Å². The van der Waals surface area contributed by atoms with E-state index in [2.05, 4.69) is 10.3 Å². The number of rotatable bonds is 6. The first-order valence-electron chi connectivity index (χ1n) is 5.97. The second-order valence-corrected chi connectivity index (χ2v) is 5.54. The van der Waals surface area contributed by atoms with Gasteiger partial charge in [0.05, 0.1) is 18.7 Å². The zero-order valence-electron chi connectivity index (χ0n) is 10.9. The van der Waals surface area contributed by atoms with Gasteiger partial charge in [-0.15, -0.1) is 11.3 Å². The first kappa shape index (κ1) is 13.8. The normalized spacial score (nSPS) is 10.8. The number of oxazole rings is 1. The van der Waals surface area contributed by atoms with E-state index in [1.807, 2.05) is 26.0 Å². The maximum atomic E-state index is 10.6. The predicted octanol–water partition coefficient (Wildman–Crippen LogP) is 2.27. The summed E-state index contributed by atoms with van der Waals surface area (Å²) in [6.07, 6.45) is 0.0861. The lowest BCUT2D eigenvalue weighted by molar-refractivity contribution is -0.136. The molecule has 0 aliphatic carbocycles. The number of hydrogen-bond donors (Lipinski definition) is 2. The number of carboxylic acids is 1. The van der Waals surface area contributed by atoms with Crippen LogP contribution in [-0.4, -0.2) is 16.1 Å². The highest BCUT2D eigenvalue weighted by Gasteiger charge is 2.06. The molecule has 0 aromatic carbocycles. The topological polar surface area (TPSA) is 75.4 Å². The van der Waals surface area contributed by atoms with E-state index in [4.69, 9.17) is 9.52 Å². The second kappa shape index (κ2) is 5.99. The van der Waals surface area contributed by atoms with Gasteiger partial charge >= 0.3 is 5.97 Å². The van der Waals surface area contributed by atoms with Crippen LogP contribution in [0.15, 0.2) is 16.5 Å². The van der Waals surface area contributed by atoms with Crippen LogP contribution in [0.25, 0.3) is 0 Å². The Morgan fingerprint density at radius 3 is 2.74 bits per heavy atom. The molecule has 0 saturated heterocycles. The number of hydrogen-bond acceptors (Lipinski definition) is 5. The van der Waals surface area contributed by atoms with Crippen LogP contribution in [0.3, 0.4) is 0 Å². The molecule has 2 N–H and O–H groups in total. The number of aromatic nitrogens is 1. The molecule has 2 aromatic heterocycles. The smallest absolute Gasteiger partial charge is 0.308 e. The minimum Gasteiger partial charge on any atom is -0.481 e. The number of nitrogens with one attached hydrogen (secondary N) is 1. The molecule has 0 radical (unpaired) electrons. The minimum atomic E-state index is -0.799. The molecule has 0 bridgehead atoms. The Morgan fingerprint density at radius 1 is 1.37 bits per heavy atom. The van der Waals surface area contributed by atoms with Crippen LogP contribution in [-0.2, 0) is 24.3 Å². The highest BCUT2D eigenvalue weighted by molar-refractivity contribution is 7.12. The maximum Gasteiger partial charge on any atom is 0.308 e. The molecule has 6 heteroatoms. The molecule has 5 nitrogen and oxygen atoms in total. The molecule has 0 saturated carbocycles. The fourth-order valence-corrected chi connectivity index (χ4v) is 2.65. The fourth-order valence-electron chi connectivity index (χ4n) is 1.67. The summed E-state index contributed by atoms with van der Waals surface area (Å²) < 4.78 is 5.46.